The summed E-state index contributed by atoms with van der Waals surface area (Å²) >= 11 is -2.21. The average Bonchev–Trinajstić information content (AvgIpc) is 2.37. The van der Waals surface area contributed by atoms with Gasteiger partial charge in [-0.3, -0.25) is 9.35 Å². The van der Waals surface area contributed by atoms with E-state index in [-0.39, 0.29) is 5.16 Å². The predicted octanol–water partition coefficient (Wildman–Crippen LogP) is -1.44. The van der Waals surface area contributed by atoms with Crippen molar-refractivity contribution in [3.63, 3.8) is 0 Å². The number of aromatic nitrogens is 3. The van der Waals surface area contributed by atoms with Crippen LogP contribution in [0.3, 0.4) is 0 Å². The van der Waals surface area contributed by atoms with Crippen molar-refractivity contribution < 1.29 is 13.6 Å². The van der Waals surface area contributed by atoms with E-state index in [9.17, 15) is 9.00 Å². The van der Waals surface area contributed by atoms with Crippen LogP contribution in [0.4, 0.5) is 0 Å². The molecular weight excluding hydrogens is 172 g/mol. The highest BCUT2D eigenvalue weighted by Crippen LogP contribution is 1.91. The molecule has 1 heterocycles. The highest BCUT2D eigenvalue weighted by Gasteiger charge is 2.04. The maximum absolute atomic E-state index is 10.3. The molecule has 0 fully saturated rings. The first-order valence-electron chi connectivity index (χ1n) is 2.46. The molecule has 8 heteroatoms. The standard InChI is InChI=1S/C3H4N4O3S/c8-2-5-7-1-4-3(6-7)11(9)10/h1-2H,(H,5,8)(H,9,10). The summed E-state index contributed by atoms with van der Waals surface area (Å²) < 4.78 is 18.7. The summed E-state index contributed by atoms with van der Waals surface area (Å²) in [5.74, 6) is 0. The van der Waals surface area contributed by atoms with Gasteiger partial charge in [-0.2, -0.15) is 4.79 Å². The molecule has 2 N–H and O–H groups in total. The van der Waals surface area contributed by atoms with Gasteiger partial charge in [0.1, 0.15) is 6.33 Å². The van der Waals surface area contributed by atoms with E-state index in [0.29, 0.717) is 6.41 Å². The molecule has 0 spiro atoms. The van der Waals surface area contributed by atoms with Crippen LogP contribution in [-0.2, 0) is 15.9 Å². The van der Waals surface area contributed by atoms with Crippen molar-refractivity contribution in [2.24, 2.45) is 0 Å². The lowest BCUT2D eigenvalue weighted by atomic mass is 11.3. The highest BCUT2D eigenvalue weighted by molar-refractivity contribution is 7.79. The molecule has 11 heavy (non-hydrogen) atoms. The summed E-state index contributed by atoms with van der Waals surface area (Å²) in [5, 5.41) is 3.16. The highest BCUT2D eigenvalue weighted by atomic mass is 32.2. The smallest absolute Gasteiger partial charge is 0.268 e. The van der Waals surface area contributed by atoms with Crippen LogP contribution in [0.15, 0.2) is 11.5 Å². The number of rotatable bonds is 3. The second kappa shape index (κ2) is 3.21. The van der Waals surface area contributed by atoms with E-state index in [4.69, 9.17) is 4.55 Å². The molecular formula is C3H4N4O3S. The molecule has 7 nitrogen and oxygen atoms in total. The fraction of sp³-hybridized carbons (Fsp3) is 0. The van der Waals surface area contributed by atoms with E-state index in [2.05, 4.69) is 15.5 Å². The van der Waals surface area contributed by atoms with E-state index in [0.717, 1.165) is 11.1 Å². The lowest BCUT2D eigenvalue weighted by Gasteiger charge is -1.90. The Morgan fingerprint density at radius 1 is 1.82 bits per heavy atom. The Kier molecular flexibility index (Phi) is 2.28. The normalized spacial score (nSPS) is 12.5. The van der Waals surface area contributed by atoms with Crippen molar-refractivity contribution in [2.75, 3.05) is 5.43 Å². The molecule has 0 saturated carbocycles. The Morgan fingerprint density at radius 2 is 2.55 bits per heavy atom. The summed E-state index contributed by atoms with van der Waals surface area (Å²) in [6, 6.07) is 0. The van der Waals surface area contributed by atoms with Crippen LogP contribution < -0.4 is 5.43 Å². The molecule has 1 aromatic rings. The third-order valence-electron chi connectivity index (χ3n) is 0.812. The molecule has 1 unspecified atom stereocenters. The largest absolute Gasteiger partial charge is 0.300 e. The zero-order chi connectivity index (χ0) is 8.27. The molecule has 0 bridgehead atoms. The van der Waals surface area contributed by atoms with Gasteiger partial charge in [0.15, 0.2) is 0 Å². The van der Waals surface area contributed by atoms with Gasteiger partial charge in [-0.05, 0) is 0 Å². The molecule has 1 rings (SSSR count). The zero-order valence-corrected chi connectivity index (χ0v) is 5.98. The Bertz CT molecular complexity index is 284. The minimum atomic E-state index is -2.21. The van der Waals surface area contributed by atoms with Crippen LogP contribution in [0.1, 0.15) is 0 Å². The second-order valence-corrected chi connectivity index (χ2v) is 2.33. The quantitative estimate of drug-likeness (QED) is 0.434. The fourth-order valence-electron chi connectivity index (χ4n) is 0.444. The topological polar surface area (TPSA) is 97.1 Å². The number of carbonyl (C=O) groups excluding carboxylic acids is 1. The SMILES string of the molecule is O=CNn1cnc(S(=O)O)n1. The number of nitrogens with one attached hydrogen (secondary N) is 1. The molecule has 0 radical (unpaired) electrons. The summed E-state index contributed by atoms with van der Waals surface area (Å²) in [5.41, 5.74) is 2.10. The van der Waals surface area contributed by atoms with Crippen molar-refractivity contribution >= 4 is 17.5 Å². The van der Waals surface area contributed by atoms with E-state index >= 15 is 0 Å². The van der Waals surface area contributed by atoms with Crippen LogP contribution in [0.25, 0.3) is 0 Å². The molecule has 0 aliphatic heterocycles. The van der Waals surface area contributed by atoms with Gasteiger partial charge in [-0.1, -0.05) is 0 Å². The van der Waals surface area contributed by atoms with Crippen LogP contribution in [0, 0.1) is 0 Å². The van der Waals surface area contributed by atoms with Crippen molar-refractivity contribution in [3.8, 4) is 0 Å². The Labute approximate surface area is 63.7 Å². The maximum Gasteiger partial charge on any atom is 0.268 e. The van der Waals surface area contributed by atoms with Gasteiger partial charge in [-0.15, -0.1) is 5.10 Å². The lowest BCUT2D eigenvalue weighted by Crippen LogP contribution is -2.12. The first kappa shape index (κ1) is 7.82. The van der Waals surface area contributed by atoms with Gasteiger partial charge in [0.25, 0.3) is 5.16 Å². The molecule has 0 saturated heterocycles. The third-order valence-corrected chi connectivity index (χ3v) is 1.31. The van der Waals surface area contributed by atoms with Crippen molar-refractivity contribution in [1.29, 1.82) is 0 Å². The van der Waals surface area contributed by atoms with E-state index in [1.54, 1.807) is 0 Å². The van der Waals surface area contributed by atoms with Gasteiger partial charge in [0, 0.05) is 0 Å². The number of hydrogen-bond donors (Lipinski definition) is 2. The average molecular weight is 176 g/mol. The Morgan fingerprint density at radius 3 is 3.00 bits per heavy atom. The first-order valence-corrected chi connectivity index (χ1v) is 3.57. The predicted molar refractivity (Wildman–Crippen MR) is 34.5 cm³/mol. The summed E-state index contributed by atoms with van der Waals surface area (Å²) in [6.07, 6.45) is 1.48. The first-order chi connectivity index (χ1) is 5.24. The minimum Gasteiger partial charge on any atom is -0.300 e. The number of hydrogen-bond acceptors (Lipinski definition) is 4. The van der Waals surface area contributed by atoms with Gasteiger partial charge >= 0.3 is 0 Å². The Balaban J connectivity index is 2.81. The number of carbonyl (C=O) groups is 1. The van der Waals surface area contributed by atoms with Crippen LogP contribution >= 0.6 is 0 Å². The van der Waals surface area contributed by atoms with Crippen LogP contribution in [0.5, 0.6) is 0 Å². The van der Waals surface area contributed by atoms with E-state index in [1.165, 1.54) is 0 Å². The zero-order valence-electron chi connectivity index (χ0n) is 5.17. The monoisotopic (exact) mass is 176 g/mol. The van der Waals surface area contributed by atoms with Crippen molar-refractivity contribution in [1.82, 2.24) is 14.9 Å². The molecule has 0 aliphatic carbocycles. The van der Waals surface area contributed by atoms with Gasteiger partial charge in [0.2, 0.25) is 17.5 Å². The maximum atomic E-state index is 10.3. The fourth-order valence-corrected chi connectivity index (χ4v) is 0.739. The summed E-state index contributed by atoms with van der Waals surface area (Å²) in [7, 11) is 0. The molecule has 0 aliphatic rings. The van der Waals surface area contributed by atoms with Crippen LogP contribution in [-0.4, -0.2) is 30.0 Å². The molecule has 60 valence electrons. The third kappa shape index (κ3) is 1.82. The second-order valence-electron chi connectivity index (χ2n) is 1.47. The van der Waals surface area contributed by atoms with Crippen molar-refractivity contribution in [3.05, 3.63) is 6.33 Å². The summed E-state index contributed by atoms with van der Waals surface area (Å²) in [6.45, 7) is 0. The number of amides is 1. The number of nitrogens with zero attached hydrogens (tertiary/aromatic N) is 3. The van der Waals surface area contributed by atoms with Crippen LogP contribution in [0.2, 0.25) is 0 Å². The van der Waals surface area contributed by atoms with Gasteiger partial charge in [0.05, 0.1) is 0 Å². The van der Waals surface area contributed by atoms with E-state index in [1.807, 2.05) is 0 Å². The lowest BCUT2D eigenvalue weighted by molar-refractivity contribution is -0.106. The van der Waals surface area contributed by atoms with E-state index < -0.39 is 11.1 Å². The molecule has 1 aromatic heterocycles. The molecule has 1 amide bonds. The van der Waals surface area contributed by atoms with Crippen molar-refractivity contribution in [2.45, 2.75) is 5.16 Å². The minimum absolute atomic E-state index is 0.251. The Hall–Kier alpha value is -1.28. The summed E-state index contributed by atoms with van der Waals surface area (Å²) in [4.78, 5) is 14.2. The molecule has 0 aromatic carbocycles. The molecule has 1 atom stereocenters. The van der Waals surface area contributed by atoms with Gasteiger partial charge in [-0.25, -0.2) is 14.6 Å². The van der Waals surface area contributed by atoms with Gasteiger partial charge < -0.3 is 0 Å².